The van der Waals surface area contributed by atoms with Gasteiger partial charge in [0.25, 0.3) is 0 Å². The fourth-order valence-corrected chi connectivity index (χ4v) is 5.88. The second-order valence-corrected chi connectivity index (χ2v) is 7.59. The van der Waals surface area contributed by atoms with E-state index >= 15 is 0 Å². The van der Waals surface area contributed by atoms with Crippen LogP contribution in [0.5, 0.6) is 0 Å². The Balaban J connectivity index is 1.72. The van der Waals surface area contributed by atoms with E-state index in [4.69, 9.17) is 5.73 Å². The molecule has 0 radical (unpaired) electrons. The first-order valence-electron chi connectivity index (χ1n) is 7.10. The summed E-state index contributed by atoms with van der Waals surface area (Å²) < 4.78 is 0. The Hall–Kier alpha value is -0.610. The van der Waals surface area contributed by atoms with E-state index in [0.29, 0.717) is 11.0 Å². The number of hydrogen-bond donors (Lipinski definition) is 2. The summed E-state index contributed by atoms with van der Waals surface area (Å²) >= 11 is 1.48. The zero-order chi connectivity index (χ0) is 12.3. The van der Waals surface area contributed by atoms with Crippen LogP contribution >= 0.6 is 11.3 Å². The predicted molar refractivity (Wildman–Crippen MR) is 72.2 cm³/mol. The van der Waals surface area contributed by atoms with E-state index < -0.39 is 0 Å². The summed E-state index contributed by atoms with van der Waals surface area (Å²) in [6, 6.07) is 0. The molecule has 4 saturated carbocycles. The van der Waals surface area contributed by atoms with E-state index in [-0.39, 0.29) is 6.61 Å². The smallest absolute Gasteiger partial charge is 0.180 e. The van der Waals surface area contributed by atoms with Crippen molar-refractivity contribution in [3.05, 3.63) is 10.6 Å². The number of hydrogen-bond acceptors (Lipinski definition) is 4. The molecule has 98 valence electrons. The summed E-state index contributed by atoms with van der Waals surface area (Å²) in [5.41, 5.74) is 6.99. The lowest BCUT2D eigenvalue weighted by Gasteiger charge is -2.54. The Morgan fingerprint density at radius 1 is 1.11 bits per heavy atom. The fraction of sp³-hybridized carbons (Fsp3) is 0.786. The number of rotatable bonds is 2. The molecule has 4 aliphatic rings. The number of anilines is 1. The molecular formula is C14H20N2OS. The monoisotopic (exact) mass is 264 g/mol. The van der Waals surface area contributed by atoms with Gasteiger partial charge in [-0.1, -0.05) is 11.3 Å². The van der Waals surface area contributed by atoms with Gasteiger partial charge in [-0.3, -0.25) is 0 Å². The van der Waals surface area contributed by atoms with Gasteiger partial charge in [0.05, 0.1) is 17.2 Å². The molecule has 1 heterocycles. The van der Waals surface area contributed by atoms with E-state index in [1.54, 1.807) is 0 Å². The molecule has 0 spiro atoms. The van der Waals surface area contributed by atoms with Crippen LogP contribution in [0.1, 0.15) is 48.6 Å². The van der Waals surface area contributed by atoms with Gasteiger partial charge >= 0.3 is 0 Å². The van der Waals surface area contributed by atoms with E-state index in [1.807, 2.05) is 0 Å². The highest BCUT2D eigenvalue weighted by Gasteiger charge is 2.49. The average Bonchev–Trinajstić information content (AvgIpc) is 2.69. The third kappa shape index (κ3) is 1.55. The molecule has 0 aromatic carbocycles. The molecule has 3 N–H and O–H groups in total. The lowest BCUT2D eigenvalue weighted by Crippen LogP contribution is -2.44. The molecule has 1 aromatic rings. The van der Waals surface area contributed by atoms with Crippen molar-refractivity contribution >= 4 is 16.5 Å². The first-order valence-corrected chi connectivity index (χ1v) is 7.92. The van der Waals surface area contributed by atoms with Crippen molar-refractivity contribution in [2.24, 2.45) is 23.7 Å². The largest absolute Gasteiger partial charge is 0.391 e. The van der Waals surface area contributed by atoms with E-state index in [0.717, 1.165) is 34.2 Å². The molecule has 0 atom stereocenters. The topological polar surface area (TPSA) is 59.1 Å². The van der Waals surface area contributed by atoms with Crippen molar-refractivity contribution in [1.29, 1.82) is 0 Å². The summed E-state index contributed by atoms with van der Waals surface area (Å²) in [6.07, 6.45) is 7.03. The van der Waals surface area contributed by atoms with Gasteiger partial charge in [0.1, 0.15) is 0 Å². The summed E-state index contributed by atoms with van der Waals surface area (Å²) in [4.78, 5) is 5.58. The van der Waals surface area contributed by atoms with Gasteiger partial charge < -0.3 is 10.8 Å². The maximum absolute atomic E-state index is 9.50. The van der Waals surface area contributed by atoms with Gasteiger partial charge in [0, 0.05) is 5.92 Å². The molecule has 4 fully saturated rings. The molecular weight excluding hydrogens is 244 g/mol. The second kappa shape index (κ2) is 3.94. The minimum Gasteiger partial charge on any atom is -0.391 e. The van der Waals surface area contributed by atoms with Crippen molar-refractivity contribution in [3.8, 4) is 0 Å². The predicted octanol–water partition coefficient (Wildman–Crippen LogP) is 2.76. The standard InChI is InChI=1S/C14H20N2OS/c15-14-16-13(11(6-17)18-14)12-9-2-7-1-8(4-9)5-10(12)3-7/h7-10,12,17H,1-6H2,(H2,15,16). The first kappa shape index (κ1) is 11.2. The summed E-state index contributed by atoms with van der Waals surface area (Å²) in [7, 11) is 0. The van der Waals surface area contributed by atoms with E-state index in [1.165, 1.54) is 43.4 Å². The molecule has 0 saturated heterocycles. The quantitative estimate of drug-likeness (QED) is 0.863. The SMILES string of the molecule is Nc1nc(C2C3CC4CC(C3)CC2C4)c(CO)s1. The number of nitrogens with two attached hydrogens (primary N) is 1. The van der Waals surface area contributed by atoms with Crippen LogP contribution in [0.2, 0.25) is 0 Å². The summed E-state index contributed by atoms with van der Waals surface area (Å²) in [6.45, 7) is 0.104. The van der Waals surface area contributed by atoms with Crippen LogP contribution in [0.25, 0.3) is 0 Å². The van der Waals surface area contributed by atoms with Gasteiger partial charge in [-0.2, -0.15) is 0 Å². The Kier molecular flexibility index (Phi) is 2.46. The van der Waals surface area contributed by atoms with Crippen LogP contribution in [0.3, 0.4) is 0 Å². The summed E-state index contributed by atoms with van der Waals surface area (Å²) in [5, 5.41) is 10.1. The minimum absolute atomic E-state index is 0.104. The molecule has 5 rings (SSSR count). The highest BCUT2D eigenvalue weighted by molar-refractivity contribution is 7.15. The maximum atomic E-state index is 9.50. The normalized spacial score (nSPS) is 41.5. The Morgan fingerprint density at radius 2 is 1.72 bits per heavy atom. The van der Waals surface area contributed by atoms with Crippen molar-refractivity contribution in [2.75, 3.05) is 5.73 Å². The van der Waals surface area contributed by atoms with Gasteiger partial charge in [-0.05, 0) is 55.8 Å². The minimum atomic E-state index is 0.104. The van der Waals surface area contributed by atoms with Gasteiger partial charge in [0.15, 0.2) is 5.13 Å². The highest BCUT2D eigenvalue weighted by atomic mass is 32.1. The first-order chi connectivity index (χ1) is 8.74. The number of aliphatic hydroxyl groups is 1. The molecule has 18 heavy (non-hydrogen) atoms. The number of aliphatic hydroxyl groups excluding tert-OH is 1. The maximum Gasteiger partial charge on any atom is 0.180 e. The number of aromatic nitrogens is 1. The number of nitrogen functional groups attached to an aromatic ring is 1. The molecule has 3 nitrogen and oxygen atoms in total. The zero-order valence-corrected chi connectivity index (χ0v) is 11.3. The van der Waals surface area contributed by atoms with Gasteiger partial charge in [-0.25, -0.2) is 4.98 Å². The van der Waals surface area contributed by atoms with E-state index in [9.17, 15) is 5.11 Å². The van der Waals surface area contributed by atoms with Crippen molar-refractivity contribution < 1.29 is 5.11 Å². The molecule has 4 aliphatic carbocycles. The average molecular weight is 264 g/mol. The van der Waals surface area contributed by atoms with E-state index in [2.05, 4.69) is 4.98 Å². The van der Waals surface area contributed by atoms with Crippen LogP contribution in [-0.2, 0) is 6.61 Å². The van der Waals surface area contributed by atoms with Crippen LogP contribution in [0.4, 0.5) is 5.13 Å². The number of nitrogens with zero attached hydrogens (tertiary/aromatic N) is 1. The Morgan fingerprint density at radius 3 is 2.28 bits per heavy atom. The second-order valence-electron chi connectivity index (χ2n) is 6.48. The third-order valence-electron chi connectivity index (χ3n) is 5.43. The zero-order valence-electron chi connectivity index (χ0n) is 10.5. The van der Waals surface area contributed by atoms with Gasteiger partial charge in [0.2, 0.25) is 0 Å². The Labute approximate surface area is 111 Å². The van der Waals surface area contributed by atoms with Gasteiger partial charge in [-0.15, -0.1) is 0 Å². The van der Waals surface area contributed by atoms with Crippen molar-refractivity contribution in [2.45, 2.75) is 44.6 Å². The van der Waals surface area contributed by atoms with Crippen molar-refractivity contribution in [3.63, 3.8) is 0 Å². The lowest BCUT2D eigenvalue weighted by atomic mass is 9.51. The molecule has 1 aromatic heterocycles. The van der Waals surface area contributed by atoms with Crippen LogP contribution in [0, 0.1) is 23.7 Å². The van der Waals surface area contributed by atoms with Crippen LogP contribution in [0.15, 0.2) is 0 Å². The van der Waals surface area contributed by atoms with Crippen LogP contribution in [-0.4, -0.2) is 10.1 Å². The highest BCUT2D eigenvalue weighted by Crippen LogP contribution is 2.60. The molecule has 4 heteroatoms. The fourth-order valence-electron chi connectivity index (χ4n) is 5.13. The molecule has 4 bridgehead atoms. The number of thiazole rings is 1. The lowest BCUT2D eigenvalue weighted by molar-refractivity contribution is -0.00447. The third-order valence-corrected chi connectivity index (χ3v) is 6.32. The molecule has 0 amide bonds. The summed E-state index contributed by atoms with van der Waals surface area (Å²) in [5.74, 6) is 4.18. The van der Waals surface area contributed by atoms with Crippen LogP contribution < -0.4 is 5.73 Å². The molecule has 0 aliphatic heterocycles. The Bertz CT molecular complexity index is 442. The molecule has 0 unspecified atom stereocenters. The van der Waals surface area contributed by atoms with Crippen molar-refractivity contribution in [1.82, 2.24) is 4.98 Å².